The van der Waals surface area contributed by atoms with Crippen LogP contribution in [-0.4, -0.2) is 50.6 Å². The van der Waals surface area contributed by atoms with Crippen molar-refractivity contribution in [2.45, 2.75) is 27.0 Å². The standard InChI is InChI=1S/C17H26F2N4O2.HI/c1-12(2)15(24)21-9-10-22-17(20-3)23(4)11-13-5-7-14(8-6-13)25-16(18)19;/h5-8,12,16H,9-11H2,1-4H3,(H,20,22)(H,21,24);1H. The number of nitrogens with one attached hydrogen (secondary N) is 2. The van der Waals surface area contributed by atoms with Crippen molar-refractivity contribution in [2.24, 2.45) is 10.9 Å². The lowest BCUT2D eigenvalue weighted by Gasteiger charge is -2.22. The van der Waals surface area contributed by atoms with Crippen molar-refractivity contribution in [1.29, 1.82) is 0 Å². The summed E-state index contributed by atoms with van der Waals surface area (Å²) in [5.41, 5.74) is 0.931. The maximum absolute atomic E-state index is 12.1. The highest BCUT2D eigenvalue weighted by atomic mass is 127. The van der Waals surface area contributed by atoms with Gasteiger partial charge in [0.15, 0.2) is 5.96 Å². The third-order valence-electron chi connectivity index (χ3n) is 3.37. The molecule has 1 amide bonds. The minimum absolute atomic E-state index is 0. The monoisotopic (exact) mass is 484 g/mol. The number of amides is 1. The average molecular weight is 484 g/mol. The molecule has 0 unspecified atom stereocenters. The van der Waals surface area contributed by atoms with Crippen molar-refractivity contribution in [3.05, 3.63) is 29.8 Å². The van der Waals surface area contributed by atoms with Crippen LogP contribution in [0.4, 0.5) is 8.78 Å². The van der Waals surface area contributed by atoms with Crippen molar-refractivity contribution in [2.75, 3.05) is 27.2 Å². The molecule has 0 spiro atoms. The molecule has 1 aromatic carbocycles. The molecule has 0 radical (unpaired) electrons. The molecular formula is C17H27F2IN4O2. The number of hydrogen-bond acceptors (Lipinski definition) is 3. The molecule has 1 rings (SSSR count). The Hall–Kier alpha value is -1.65. The summed E-state index contributed by atoms with van der Waals surface area (Å²) in [7, 11) is 3.54. The number of nitrogens with zero attached hydrogens (tertiary/aromatic N) is 2. The molecule has 9 heteroatoms. The van der Waals surface area contributed by atoms with Crippen LogP contribution < -0.4 is 15.4 Å². The zero-order chi connectivity index (χ0) is 18.8. The van der Waals surface area contributed by atoms with Crippen LogP contribution in [0, 0.1) is 5.92 Å². The van der Waals surface area contributed by atoms with Crippen molar-refractivity contribution >= 4 is 35.8 Å². The fraction of sp³-hybridized carbons (Fsp3) is 0.529. The van der Waals surface area contributed by atoms with Crippen LogP contribution in [0.3, 0.4) is 0 Å². The van der Waals surface area contributed by atoms with E-state index in [2.05, 4.69) is 20.4 Å². The molecule has 6 nitrogen and oxygen atoms in total. The molecule has 26 heavy (non-hydrogen) atoms. The van der Waals surface area contributed by atoms with E-state index in [0.29, 0.717) is 25.6 Å². The first-order valence-electron chi connectivity index (χ1n) is 8.06. The summed E-state index contributed by atoms with van der Waals surface area (Å²) in [5, 5.41) is 5.98. The largest absolute Gasteiger partial charge is 0.435 e. The van der Waals surface area contributed by atoms with Gasteiger partial charge in [-0.3, -0.25) is 9.79 Å². The number of halogens is 3. The number of aliphatic imine (C=N–C) groups is 1. The summed E-state index contributed by atoms with van der Waals surface area (Å²) in [4.78, 5) is 17.6. The van der Waals surface area contributed by atoms with Gasteiger partial charge in [-0.15, -0.1) is 24.0 Å². The van der Waals surface area contributed by atoms with Crippen molar-refractivity contribution in [3.63, 3.8) is 0 Å². The van der Waals surface area contributed by atoms with E-state index in [1.165, 1.54) is 12.1 Å². The lowest BCUT2D eigenvalue weighted by atomic mass is 10.2. The number of carbonyl (C=O) groups excluding carboxylic acids is 1. The lowest BCUT2D eigenvalue weighted by Crippen LogP contribution is -2.42. The molecule has 0 bridgehead atoms. The average Bonchev–Trinajstić information content (AvgIpc) is 2.55. The second-order valence-corrected chi connectivity index (χ2v) is 5.80. The van der Waals surface area contributed by atoms with Gasteiger partial charge in [0.25, 0.3) is 0 Å². The van der Waals surface area contributed by atoms with E-state index in [0.717, 1.165) is 5.56 Å². The number of ether oxygens (including phenoxy) is 1. The second-order valence-electron chi connectivity index (χ2n) is 5.80. The van der Waals surface area contributed by atoms with Crippen LogP contribution >= 0.6 is 24.0 Å². The minimum Gasteiger partial charge on any atom is -0.435 e. The number of alkyl halides is 2. The summed E-state index contributed by atoms with van der Waals surface area (Å²) in [6.45, 7) is 2.46. The second kappa shape index (κ2) is 12.7. The van der Waals surface area contributed by atoms with Gasteiger partial charge in [0.2, 0.25) is 5.91 Å². The van der Waals surface area contributed by atoms with Crippen LogP contribution in [-0.2, 0) is 11.3 Å². The van der Waals surface area contributed by atoms with E-state index in [-0.39, 0.29) is 41.6 Å². The Balaban J connectivity index is 0.00000625. The SMILES string of the molecule is CN=C(NCCNC(=O)C(C)C)N(C)Cc1ccc(OC(F)F)cc1.I. The highest BCUT2D eigenvalue weighted by Gasteiger charge is 2.09. The van der Waals surface area contributed by atoms with E-state index >= 15 is 0 Å². The fourth-order valence-electron chi connectivity index (χ4n) is 2.07. The molecule has 0 saturated carbocycles. The Bertz CT molecular complexity index is 568. The number of rotatable bonds is 8. The first-order valence-corrected chi connectivity index (χ1v) is 8.06. The Morgan fingerprint density at radius 2 is 1.77 bits per heavy atom. The zero-order valence-corrected chi connectivity index (χ0v) is 17.8. The predicted octanol–water partition coefficient (Wildman–Crippen LogP) is 2.69. The van der Waals surface area contributed by atoms with Crippen LogP contribution in [0.5, 0.6) is 5.75 Å². The molecule has 0 aromatic heterocycles. The molecule has 0 saturated heterocycles. The Morgan fingerprint density at radius 3 is 2.27 bits per heavy atom. The Kier molecular flexibility index (Phi) is 11.9. The molecule has 0 fully saturated rings. The van der Waals surface area contributed by atoms with Gasteiger partial charge in [0.05, 0.1) is 0 Å². The maximum Gasteiger partial charge on any atom is 0.387 e. The van der Waals surface area contributed by atoms with Crippen molar-refractivity contribution < 1.29 is 18.3 Å². The quantitative estimate of drug-likeness (QED) is 0.258. The number of carbonyl (C=O) groups is 1. The molecular weight excluding hydrogens is 457 g/mol. The topological polar surface area (TPSA) is 66.0 Å². The third-order valence-corrected chi connectivity index (χ3v) is 3.37. The Labute approximate surface area is 170 Å². The zero-order valence-electron chi connectivity index (χ0n) is 15.5. The molecule has 0 heterocycles. The van der Waals surface area contributed by atoms with Gasteiger partial charge in [-0.1, -0.05) is 26.0 Å². The normalized spacial score (nSPS) is 11.2. The van der Waals surface area contributed by atoms with Gasteiger partial charge in [0.1, 0.15) is 5.75 Å². The van der Waals surface area contributed by atoms with Gasteiger partial charge >= 0.3 is 6.61 Å². The molecule has 0 atom stereocenters. The van der Waals surface area contributed by atoms with E-state index in [9.17, 15) is 13.6 Å². The van der Waals surface area contributed by atoms with E-state index in [1.54, 1.807) is 19.2 Å². The van der Waals surface area contributed by atoms with Gasteiger partial charge in [-0.2, -0.15) is 8.78 Å². The van der Waals surface area contributed by atoms with Crippen LogP contribution in [0.25, 0.3) is 0 Å². The van der Waals surface area contributed by atoms with Gasteiger partial charge in [-0.05, 0) is 17.7 Å². The van der Waals surface area contributed by atoms with E-state index in [4.69, 9.17) is 0 Å². The van der Waals surface area contributed by atoms with Gasteiger partial charge < -0.3 is 20.3 Å². The fourth-order valence-corrected chi connectivity index (χ4v) is 2.07. The molecule has 2 N–H and O–H groups in total. The Morgan fingerprint density at radius 1 is 1.19 bits per heavy atom. The van der Waals surface area contributed by atoms with Crippen molar-refractivity contribution in [1.82, 2.24) is 15.5 Å². The molecule has 1 aromatic rings. The first kappa shape index (κ1) is 24.4. The first-order chi connectivity index (χ1) is 11.8. The predicted molar refractivity (Wildman–Crippen MR) is 109 cm³/mol. The summed E-state index contributed by atoms with van der Waals surface area (Å²) in [5.74, 6) is 0.770. The van der Waals surface area contributed by atoms with Crippen LogP contribution in [0.1, 0.15) is 19.4 Å². The molecule has 0 aliphatic heterocycles. The minimum atomic E-state index is -2.83. The highest BCUT2D eigenvalue weighted by Crippen LogP contribution is 2.15. The van der Waals surface area contributed by atoms with Crippen molar-refractivity contribution in [3.8, 4) is 5.75 Å². The summed E-state index contributed by atoms with van der Waals surface area (Å²) >= 11 is 0. The van der Waals surface area contributed by atoms with Crippen LogP contribution in [0.15, 0.2) is 29.3 Å². The smallest absolute Gasteiger partial charge is 0.387 e. The summed E-state index contributed by atoms with van der Waals surface area (Å²) in [6.07, 6.45) is 0. The molecule has 0 aliphatic carbocycles. The molecule has 0 aliphatic rings. The number of benzene rings is 1. The number of hydrogen-bond donors (Lipinski definition) is 2. The van der Waals surface area contributed by atoms with E-state index in [1.807, 2.05) is 25.8 Å². The lowest BCUT2D eigenvalue weighted by molar-refractivity contribution is -0.123. The number of guanidine groups is 1. The highest BCUT2D eigenvalue weighted by molar-refractivity contribution is 14.0. The van der Waals surface area contributed by atoms with Crippen LogP contribution in [0.2, 0.25) is 0 Å². The third kappa shape index (κ3) is 9.16. The maximum atomic E-state index is 12.1. The summed E-state index contributed by atoms with van der Waals surface area (Å²) in [6, 6.07) is 6.47. The van der Waals surface area contributed by atoms with E-state index < -0.39 is 6.61 Å². The summed E-state index contributed by atoms with van der Waals surface area (Å²) < 4.78 is 28.6. The van der Waals surface area contributed by atoms with Gasteiger partial charge in [-0.25, -0.2) is 0 Å². The van der Waals surface area contributed by atoms with Gasteiger partial charge in [0, 0.05) is 39.6 Å². The molecule has 148 valence electrons.